The SMILES string of the molecule is NC(=O)NCCNS(=O)(=O)c1cnccc1N. The normalized spacial score (nSPS) is 11.1. The van der Waals surface area contributed by atoms with E-state index in [-0.39, 0.29) is 23.7 Å². The van der Waals surface area contributed by atoms with Gasteiger partial charge in [-0.15, -0.1) is 0 Å². The van der Waals surface area contributed by atoms with E-state index in [1.807, 2.05) is 0 Å². The third-order valence-electron chi connectivity index (χ3n) is 1.82. The third kappa shape index (κ3) is 3.89. The Hall–Kier alpha value is -1.87. The van der Waals surface area contributed by atoms with Crippen molar-refractivity contribution in [1.29, 1.82) is 0 Å². The highest BCUT2D eigenvalue weighted by molar-refractivity contribution is 7.89. The maximum absolute atomic E-state index is 11.7. The second-order valence-corrected chi connectivity index (χ2v) is 4.84. The quantitative estimate of drug-likeness (QED) is 0.482. The minimum atomic E-state index is -3.72. The highest BCUT2D eigenvalue weighted by atomic mass is 32.2. The first-order valence-electron chi connectivity index (χ1n) is 4.66. The van der Waals surface area contributed by atoms with Crippen LogP contribution in [0, 0.1) is 0 Å². The monoisotopic (exact) mass is 259 g/mol. The molecule has 0 atom stereocenters. The van der Waals surface area contributed by atoms with Crippen LogP contribution in [-0.4, -0.2) is 32.5 Å². The number of sulfonamides is 1. The number of carbonyl (C=O) groups excluding carboxylic acids is 1. The Balaban J connectivity index is 2.64. The second kappa shape index (κ2) is 5.46. The molecule has 1 heterocycles. The van der Waals surface area contributed by atoms with E-state index in [0.29, 0.717) is 0 Å². The number of pyridine rings is 1. The smallest absolute Gasteiger partial charge is 0.312 e. The molecule has 0 radical (unpaired) electrons. The molecule has 94 valence electrons. The van der Waals surface area contributed by atoms with Crippen molar-refractivity contribution in [1.82, 2.24) is 15.0 Å². The fourth-order valence-electron chi connectivity index (χ4n) is 1.06. The molecule has 0 bridgehead atoms. The Morgan fingerprint density at radius 2 is 2.12 bits per heavy atom. The van der Waals surface area contributed by atoms with Crippen molar-refractivity contribution in [2.45, 2.75) is 4.90 Å². The zero-order valence-corrected chi connectivity index (χ0v) is 9.70. The number of nitrogen functional groups attached to an aromatic ring is 1. The summed E-state index contributed by atoms with van der Waals surface area (Å²) in [7, 11) is -3.72. The van der Waals surface area contributed by atoms with Gasteiger partial charge in [-0.05, 0) is 6.07 Å². The van der Waals surface area contributed by atoms with E-state index in [9.17, 15) is 13.2 Å². The summed E-state index contributed by atoms with van der Waals surface area (Å²) in [5.74, 6) is 0. The molecule has 17 heavy (non-hydrogen) atoms. The summed E-state index contributed by atoms with van der Waals surface area (Å²) < 4.78 is 25.7. The number of hydrogen-bond acceptors (Lipinski definition) is 5. The minimum Gasteiger partial charge on any atom is -0.398 e. The van der Waals surface area contributed by atoms with Gasteiger partial charge >= 0.3 is 6.03 Å². The molecule has 1 aromatic rings. The molecule has 0 aliphatic rings. The molecule has 0 aliphatic heterocycles. The molecule has 0 fully saturated rings. The van der Waals surface area contributed by atoms with Crippen LogP contribution in [0.25, 0.3) is 0 Å². The van der Waals surface area contributed by atoms with Crippen LogP contribution in [0.1, 0.15) is 0 Å². The third-order valence-corrected chi connectivity index (χ3v) is 3.33. The molecule has 1 rings (SSSR count). The molecule has 8 nitrogen and oxygen atoms in total. The number of primary amides is 1. The second-order valence-electron chi connectivity index (χ2n) is 3.10. The van der Waals surface area contributed by atoms with Crippen LogP contribution in [0.2, 0.25) is 0 Å². The fourth-order valence-corrected chi connectivity index (χ4v) is 2.17. The van der Waals surface area contributed by atoms with Crippen LogP contribution in [0.3, 0.4) is 0 Å². The van der Waals surface area contributed by atoms with Crippen molar-refractivity contribution in [2.75, 3.05) is 18.8 Å². The van der Waals surface area contributed by atoms with Crippen molar-refractivity contribution < 1.29 is 13.2 Å². The average Bonchev–Trinajstić information content (AvgIpc) is 2.24. The number of aromatic nitrogens is 1. The summed E-state index contributed by atoms with van der Waals surface area (Å²) in [6.07, 6.45) is 2.54. The van der Waals surface area contributed by atoms with Gasteiger partial charge in [0.15, 0.2) is 0 Å². The summed E-state index contributed by atoms with van der Waals surface area (Å²) in [4.78, 5) is 13.9. The van der Waals surface area contributed by atoms with Crippen LogP contribution in [0.15, 0.2) is 23.4 Å². The van der Waals surface area contributed by atoms with E-state index in [1.54, 1.807) is 0 Å². The Bertz CT molecular complexity index is 502. The summed E-state index contributed by atoms with van der Waals surface area (Å²) in [6, 6.07) is 0.668. The average molecular weight is 259 g/mol. The lowest BCUT2D eigenvalue weighted by Gasteiger charge is -2.08. The van der Waals surface area contributed by atoms with Crippen LogP contribution in [0.5, 0.6) is 0 Å². The molecule has 0 saturated heterocycles. The first-order valence-corrected chi connectivity index (χ1v) is 6.14. The van der Waals surface area contributed by atoms with Crippen LogP contribution in [0.4, 0.5) is 10.5 Å². The predicted molar refractivity (Wildman–Crippen MR) is 61.4 cm³/mol. The lowest BCUT2D eigenvalue weighted by molar-refractivity contribution is 0.249. The van der Waals surface area contributed by atoms with E-state index in [2.05, 4.69) is 15.0 Å². The van der Waals surface area contributed by atoms with Gasteiger partial charge in [0.05, 0.1) is 5.69 Å². The predicted octanol–water partition coefficient (Wildman–Crippen LogP) is -1.39. The zero-order chi connectivity index (χ0) is 12.9. The van der Waals surface area contributed by atoms with Gasteiger partial charge in [-0.25, -0.2) is 17.9 Å². The summed E-state index contributed by atoms with van der Waals surface area (Å²) in [6.45, 7) is 0.105. The van der Waals surface area contributed by atoms with E-state index in [1.165, 1.54) is 12.3 Å². The fraction of sp³-hybridized carbons (Fsp3) is 0.250. The lowest BCUT2D eigenvalue weighted by atomic mass is 10.4. The van der Waals surface area contributed by atoms with Gasteiger partial charge in [-0.1, -0.05) is 0 Å². The molecule has 0 aromatic carbocycles. The number of nitrogens with two attached hydrogens (primary N) is 2. The minimum absolute atomic E-state index is 0.0135. The first kappa shape index (κ1) is 13.2. The van der Waals surface area contributed by atoms with Gasteiger partial charge in [-0.3, -0.25) is 4.98 Å². The Labute approximate surface area is 98.4 Å². The first-order chi connectivity index (χ1) is 7.93. The van der Waals surface area contributed by atoms with Gasteiger partial charge in [0.1, 0.15) is 4.90 Å². The zero-order valence-electron chi connectivity index (χ0n) is 8.88. The van der Waals surface area contributed by atoms with Crippen molar-refractivity contribution in [3.8, 4) is 0 Å². The summed E-state index contributed by atoms with van der Waals surface area (Å²) >= 11 is 0. The molecule has 0 saturated carbocycles. The maximum atomic E-state index is 11.7. The largest absolute Gasteiger partial charge is 0.398 e. The molecule has 0 aliphatic carbocycles. The highest BCUT2D eigenvalue weighted by Gasteiger charge is 2.16. The summed E-state index contributed by atoms with van der Waals surface area (Å²) in [5, 5.41) is 2.25. The number of anilines is 1. The van der Waals surface area contributed by atoms with E-state index in [0.717, 1.165) is 6.20 Å². The van der Waals surface area contributed by atoms with Crippen molar-refractivity contribution >= 4 is 21.7 Å². The highest BCUT2D eigenvalue weighted by Crippen LogP contribution is 2.14. The van der Waals surface area contributed by atoms with Gasteiger partial charge in [0.2, 0.25) is 10.0 Å². The topological polar surface area (TPSA) is 140 Å². The van der Waals surface area contributed by atoms with Crippen molar-refractivity contribution in [3.63, 3.8) is 0 Å². The molecule has 0 spiro atoms. The number of nitrogens with zero attached hydrogens (tertiary/aromatic N) is 1. The van der Waals surface area contributed by atoms with Gasteiger partial charge in [0, 0.05) is 25.5 Å². The standard InChI is InChI=1S/C8H13N5O3S/c9-6-1-2-11-5-7(6)17(15,16)13-4-3-12-8(10)14/h1-2,5,13H,3-4H2,(H2,9,11)(H3,10,12,14). The molecule has 6 N–H and O–H groups in total. The number of carbonyl (C=O) groups is 1. The molecule has 2 amide bonds. The molecule has 9 heteroatoms. The van der Waals surface area contributed by atoms with Crippen molar-refractivity contribution in [2.24, 2.45) is 5.73 Å². The summed E-state index contributed by atoms with van der Waals surface area (Å²) in [5.41, 5.74) is 10.4. The molecular formula is C8H13N5O3S. The number of urea groups is 1. The van der Waals surface area contributed by atoms with Crippen LogP contribution < -0.4 is 21.5 Å². The number of amides is 2. The van der Waals surface area contributed by atoms with E-state index >= 15 is 0 Å². The molecular weight excluding hydrogens is 246 g/mol. The molecule has 1 aromatic heterocycles. The lowest BCUT2D eigenvalue weighted by Crippen LogP contribution is -2.37. The number of rotatable bonds is 5. The Kier molecular flexibility index (Phi) is 4.24. The van der Waals surface area contributed by atoms with Crippen LogP contribution >= 0.6 is 0 Å². The van der Waals surface area contributed by atoms with E-state index < -0.39 is 16.1 Å². The number of hydrogen-bond donors (Lipinski definition) is 4. The van der Waals surface area contributed by atoms with E-state index in [4.69, 9.17) is 11.5 Å². The molecule has 0 unspecified atom stereocenters. The number of nitrogens with one attached hydrogen (secondary N) is 2. The van der Waals surface area contributed by atoms with Gasteiger partial charge in [0.25, 0.3) is 0 Å². The van der Waals surface area contributed by atoms with Crippen molar-refractivity contribution in [3.05, 3.63) is 18.5 Å². The maximum Gasteiger partial charge on any atom is 0.312 e. The Morgan fingerprint density at radius 3 is 2.71 bits per heavy atom. The Morgan fingerprint density at radius 1 is 1.41 bits per heavy atom. The van der Waals surface area contributed by atoms with Crippen LogP contribution in [-0.2, 0) is 10.0 Å². The van der Waals surface area contributed by atoms with Gasteiger partial charge < -0.3 is 16.8 Å². The van der Waals surface area contributed by atoms with Gasteiger partial charge in [-0.2, -0.15) is 0 Å².